The van der Waals surface area contributed by atoms with Crippen LogP contribution in [0, 0.1) is 0 Å². The van der Waals surface area contributed by atoms with Gasteiger partial charge in [0.05, 0.1) is 5.52 Å². The lowest BCUT2D eigenvalue weighted by molar-refractivity contribution is 0.290. The van der Waals surface area contributed by atoms with Crippen molar-refractivity contribution in [2.24, 2.45) is 0 Å². The molecule has 0 atom stereocenters. The molecule has 0 saturated heterocycles. The van der Waals surface area contributed by atoms with Gasteiger partial charge in [-0.25, -0.2) is 4.98 Å². The van der Waals surface area contributed by atoms with Crippen molar-refractivity contribution in [3.63, 3.8) is 0 Å². The third kappa shape index (κ3) is 2.45. The summed E-state index contributed by atoms with van der Waals surface area (Å²) in [6.07, 6.45) is 0.703. The monoisotopic (exact) mass is 232 g/mol. The van der Waals surface area contributed by atoms with Crippen LogP contribution in [-0.2, 0) is 0 Å². The average Bonchev–Trinajstić information content (AvgIpc) is 2.34. The highest BCUT2D eigenvalue weighted by Gasteiger charge is 2.09. The molecule has 0 bridgehead atoms. The van der Waals surface area contributed by atoms with E-state index in [9.17, 15) is 0 Å². The van der Waals surface area contributed by atoms with Crippen LogP contribution >= 0.6 is 0 Å². The highest BCUT2D eigenvalue weighted by molar-refractivity contribution is 5.90. The third-order valence-electron chi connectivity index (χ3n) is 2.61. The molecule has 1 aromatic heterocycles. The minimum atomic E-state index is 0.169. The van der Waals surface area contributed by atoms with Gasteiger partial charge in [-0.2, -0.15) is 4.98 Å². The Morgan fingerprint density at radius 1 is 1.29 bits per heavy atom. The zero-order valence-corrected chi connectivity index (χ0v) is 9.80. The molecule has 0 amide bonds. The Morgan fingerprint density at radius 2 is 2.06 bits per heavy atom. The molecule has 0 saturated carbocycles. The number of para-hydroxylation sites is 1. The lowest BCUT2D eigenvalue weighted by Gasteiger charge is -2.19. The Balaban J connectivity index is 2.44. The molecular formula is C12H16N4O. The Morgan fingerprint density at radius 3 is 2.82 bits per heavy atom. The number of nitrogen functional groups attached to an aromatic ring is 1. The highest BCUT2D eigenvalue weighted by Crippen LogP contribution is 2.23. The minimum absolute atomic E-state index is 0.169. The van der Waals surface area contributed by atoms with E-state index < -0.39 is 0 Å². The maximum absolute atomic E-state index is 8.85. The van der Waals surface area contributed by atoms with E-state index >= 15 is 0 Å². The predicted octanol–water partition coefficient (Wildman–Crippen LogP) is 1.03. The predicted molar refractivity (Wildman–Crippen MR) is 68.9 cm³/mol. The van der Waals surface area contributed by atoms with Gasteiger partial charge >= 0.3 is 0 Å². The van der Waals surface area contributed by atoms with Crippen molar-refractivity contribution in [2.45, 2.75) is 6.42 Å². The van der Waals surface area contributed by atoms with Crippen LogP contribution in [0.5, 0.6) is 0 Å². The smallest absolute Gasteiger partial charge is 0.222 e. The van der Waals surface area contributed by atoms with Gasteiger partial charge in [-0.1, -0.05) is 12.1 Å². The van der Waals surface area contributed by atoms with Gasteiger partial charge < -0.3 is 15.7 Å². The summed E-state index contributed by atoms with van der Waals surface area (Å²) in [6.45, 7) is 0.903. The van der Waals surface area contributed by atoms with Crippen molar-refractivity contribution in [3.8, 4) is 0 Å². The number of hydrogen-bond acceptors (Lipinski definition) is 5. The molecule has 1 aromatic carbocycles. The van der Waals surface area contributed by atoms with Crippen molar-refractivity contribution in [1.29, 1.82) is 0 Å². The summed E-state index contributed by atoms with van der Waals surface area (Å²) in [5.74, 6) is 1.08. The lowest BCUT2D eigenvalue weighted by atomic mass is 10.2. The molecule has 0 aliphatic heterocycles. The molecule has 0 radical (unpaired) electrons. The van der Waals surface area contributed by atoms with Gasteiger partial charge in [0.25, 0.3) is 0 Å². The van der Waals surface area contributed by atoms with Crippen LogP contribution in [-0.4, -0.2) is 35.3 Å². The number of aliphatic hydroxyl groups is 1. The van der Waals surface area contributed by atoms with Gasteiger partial charge in [0.15, 0.2) is 0 Å². The first-order valence-corrected chi connectivity index (χ1v) is 5.56. The van der Waals surface area contributed by atoms with Crippen LogP contribution in [0.4, 0.5) is 11.8 Å². The number of rotatable bonds is 4. The van der Waals surface area contributed by atoms with Gasteiger partial charge in [0.2, 0.25) is 5.95 Å². The molecular weight excluding hydrogens is 216 g/mol. The number of hydrogen-bond donors (Lipinski definition) is 2. The standard InChI is InChI=1S/C12H16N4O/c1-16(7-4-8-17)11-9-5-2-3-6-10(9)14-12(13)15-11/h2-3,5-6,17H,4,7-8H2,1H3,(H2,13,14,15). The molecule has 90 valence electrons. The van der Waals surface area contributed by atoms with Crippen LogP contribution in [0.15, 0.2) is 24.3 Å². The topological polar surface area (TPSA) is 75.3 Å². The van der Waals surface area contributed by atoms with Gasteiger partial charge in [-0.3, -0.25) is 0 Å². The molecule has 5 heteroatoms. The Labute approximate surface area is 99.9 Å². The Kier molecular flexibility index (Phi) is 3.39. The largest absolute Gasteiger partial charge is 0.396 e. The fourth-order valence-electron chi connectivity index (χ4n) is 1.78. The Bertz CT molecular complexity index is 515. The maximum Gasteiger partial charge on any atom is 0.222 e. The lowest BCUT2D eigenvalue weighted by Crippen LogP contribution is -2.21. The highest BCUT2D eigenvalue weighted by atomic mass is 16.3. The van der Waals surface area contributed by atoms with Crippen LogP contribution in [0.25, 0.3) is 10.9 Å². The maximum atomic E-state index is 8.85. The summed E-state index contributed by atoms with van der Waals surface area (Å²) in [4.78, 5) is 10.4. The normalized spacial score (nSPS) is 10.7. The van der Waals surface area contributed by atoms with Crippen LogP contribution < -0.4 is 10.6 Å². The summed E-state index contributed by atoms with van der Waals surface area (Å²) in [6, 6.07) is 7.76. The van der Waals surface area contributed by atoms with Crippen LogP contribution in [0.1, 0.15) is 6.42 Å². The molecule has 0 unspecified atom stereocenters. The van der Waals surface area contributed by atoms with Gasteiger partial charge in [0, 0.05) is 25.6 Å². The minimum Gasteiger partial charge on any atom is -0.396 e. The molecule has 0 fully saturated rings. The number of aliphatic hydroxyl groups excluding tert-OH is 1. The van der Waals surface area contributed by atoms with Crippen LogP contribution in [0.3, 0.4) is 0 Å². The molecule has 1 heterocycles. The van der Waals surface area contributed by atoms with Gasteiger partial charge in [-0.15, -0.1) is 0 Å². The van der Waals surface area contributed by atoms with Crippen molar-refractivity contribution in [1.82, 2.24) is 9.97 Å². The molecule has 0 aliphatic rings. The molecule has 2 rings (SSSR count). The Hall–Kier alpha value is -1.88. The number of fused-ring (bicyclic) bond motifs is 1. The average molecular weight is 232 g/mol. The SMILES string of the molecule is CN(CCCO)c1nc(N)nc2ccccc12. The van der Waals surface area contributed by atoms with E-state index in [-0.39, 0.29) is 12.6 Å². The van der Waals surface area contributed by atoms with E-state index in [0.717, 1.165) is 23.3 Å². The zero-order valence-electron chi connectivity index (χ0n) is 9.80. The molecule has 2 aromatic rings. The number of nitrogens with zero attached hydrogens (tertiary/aromatic N) is 3. The van der Waals surface area contributed by atoms with Crippen molar-refractivity contribution in [3.05, 3.63) is 24.3 Å². The summed E-state index contributed by atoms with van der Waals surface area (Å²) in [7, 11) is 1.93. The number of anilines is 2. The first kappa shape index (κ1) is 11.6. The fourth-order valence-corrected chi connectivity index (χ4v) is 1.78. The van der Waals surface area contributed by atoms with E-state index in [1.54, 1.807) is 0 Å². The second kappa shape index (κ2) is 4.97. The molecule has 0 aliphatic carbocycles. The second-order valence-electron chi connectivity index (χ2n) is 3.92. The molecule has 0 spiro atoms. The molecule has 17 heavy (non-hydrogen) atoms. The van der Waals surface area contributed by atoms with E-state index in [0.29, 0.717) is 6.42 Å². The van der Waals surface area contributed by atoms with Crippen molar-refractivity contribution >= 4 is 22.7 Å². The number of benzene rings is 1. The summed E-state index contributed by atoms with van der Waals surface area (Å²) in [5, 5.41) is 9.82. The van der Waals surface area contributed by atoms with Crippen molar-refractivity contribution in [2.75, 3.05) is 30.8 Å². The van der Waals surface area contributed by atoms with E-state index in [1.807, 2.05) is 36.2 Å². The van der Waals surface area contributed by atoms with E-state index in [1.165, 1.54) is 0 Å². The quantitative estimate of drug-likeness (QED) is 0.823. The molecule has 5 nitrogen and oxygen atoms in total. The first-order valence-electron chi connectivity index (χ1n) is 5.56. The zero-order chi connectivity index (χ0) is 12.3. The van der Waals surface area contributed by atoms with Crippen molar-refractivity contribution < 1.29 is 5.11 Å². The van der Waals surface area contributed by atoms with E-state index in [2.05, 4.69) is 9.97 Å². The fraction of sp³-hybridized carbons (Fsp3) is 0.333. The van der Waals surface area contributed by atoms with Gasteiger partial charge in [0.1, 0.15) is 5.82 Å². The number of aromatic nitrogens is 2. The van der Waals surface area contributed by atoms with Crippen LogP contribution in [0.2, 0.25) is 0 Å². The third-order valence-corrected chi connectivity index (χ3v) is 2.61. The number of nitrogens with two attached hydrogens (primary N) is 1. The van der Waals surface area contributed by atoms with Gasteiger partial charge in [-0.05, 0) is 18.6 Å². The first-order chi connectivity index (χ1) is 8.22. The molecule has 3 N–H and O–H groups in total. The second-order valence-corrected chi connectivity index (χ2v) is 3.92. The summed E-state index contributed by atoms with van der Waals surface area (Å²) in [5.41, 5.74) is 6.53. The van der Waals surface area contributed by atoms with E-state index in [4.69, 9.17) is 10.8 Å². The summed E-state index contributed by atoms with van der Waals surface area (Å²) < 4.78 is 0. The summed E-state index contributed by atoms with van der Waals surface area (Å²) >= 11 is 0.